The standard InChI is InChI=1S/C25H21Cl2N5O3S/c26-16-11-28-12-17(27)20(16)21-15(22(35-31-21)14-2-3-14)4-1-13-7-9-32(10-8-13)25-30-18-5-6-19(24(33)34)29-23(18)36-25/h1,4-6,11-14H,2-3,7-10H2,(H,33,34)/b4-1+. The largest absolute Gasteiger partial charge is 0.477 e. The number of allylic oxidation sites excluding steroid dienone is 1. The molecule has 8 nitrogen and oxygen atoms in total. The van der Waals surface area contributed by atoms with Crippen molar-refractivity contribution in [3.63, 3.8) is 0 Å². The Morgan fingerprint density at radius 1 is 1.11 bits per heavy atom. The summed E-state index contributed by atoms with van der Waals surface area (Å²) >= 11 is 14.3. The first-order chi connectivity index (χ1) is 17.5. The van der Waals surface area contributed by atoms with Crippen LogP contribution in [0.3, 0.4) is 0 Å². The van der Waals surface area contributed by atoms with Crippen LogP contribution in [0.15, 0.2) is 35.1 Å². The maximum absolute atomic E-state index is 11.2. The Labute approximate surface area is 220 Å². The molecule has 4 aromatic rings. The highest BCUT2D eigenvalue weighted by atomic mass is 35.5. The van der Waals surface area contributed by atoms with Gasteiger partial charge in [-0.15, -0.1) is 0 Å². The fraction of sp³-hybridized carbons (Fsp3) is 0.320. The zero-order valence-electron chi connectivity index (χ0n) is 19.0. The lowest BCUT2D eigenvalue weighted by Crippen LogP contribution is -2.32. The molecular formula is C25H21Cl2N5O3S. The molecule has 0 amide bonds. The van der Waals surface area contributed by atoms with Gasteiger partial charge in [-0.1, -0.05) is 51.8 Å². The molecule has 2 fully saturated rings. The number of carboxylic acid groups (broad SMARTS) is 1. The molecule has 6 rings (SSSR count). The predicted molar refractivity (Wildman–Crippen MR) is 140 cm³/mol. The number of fused-ring (bicyclic) bond motifs is 1. The van der Waals surface area contributed by atoms with Crippen LogP contribution in [0.4, 0.5) is 5.13 Å². The van der Waals surface area contributed by atoms with Crippen molar-refractivity contribution in [2.24, 2.45) is 5.92 Å². The first kappa shape index (κ1) is 23.4. The van der Waals surface area contributed by atoms with Crippen LogP contribution in [-0.2, 0) is 0 Å². The maximum atomic E-state index is 11.2. The van der Waals surface area contributed by atoms with E-state index in [9.17, 15) is 9.90 Å². The van der Waals surface area contributed by atoms with Gasteiger partial charge in [0.1, 0.15) is 27.5 Å². The average molecular weight is 542 g/mol. The topological polar surface area (TPSA) is 105 Å². The molecule has 1 saturated heterocycles. The Morgan fingerprint density at radius 3 is 2.56 bits per heavy atom. The lowest BCUT2D eigenvalue weighted by atomic mass is 9.95. The summed E-state index contributed by atoms with van der Waals surface area (Å²) in [7, 11) is 0. The van der Waals surface area contributed by atoms with Gasteiger partial charge in [-0.25, -0.2) is 14.8 Å². The molecule has 0 atom stereocenters. The Kier molecular flexibility index (Phi) is 6.15. The fourth-order valence-electron chi connectivity index (χ4n) is 4.50. The van der Waals surface area contributed by atoms with E-state index in [1.165, 1.54) is 17.4 Å². The van der Waals surface area contributed by atoms with E-state index in [0.717, 1.165) is 60.7 Å². The molecule has 4 aromatic heterocycles. The molecular weight excluding hydrogens is 521 g/mol. The number of rotatable bonds is 6. The second-order valence-electron chi connectivity index (χ2n) is 9.07. The molecule has 0 spiro atoms. The van der Waals surface area contributed by atoms with Gasteiger partial charge in [0.05, 0.1) is 10.0 Å². The molecule has 1 saturated carbocycles. The van der Waals surface area contributed by atoms with Gasteiger partial charge in [0.15, 0.2) is 5.13 Å². The molecule has 0 radical (unpaired) electrons. The Hall–Kier alpha value is -3.01. The van der Waals surface area contributed by atoms with Gasteiger partial charge < -0.3 is 14.5 Å². The third kappa shape index (κ3) is 4.47. The maximum Gasteiger partial charge on any atom is 0.354 e. The third-order valence-corrected chi connectivity index (χ3v) is 8.20. The molecule has 0 bridgehead atoms. The van der Waals surface area contributed by atoms with Gasteiger partial charge in [0.25, 0.3) is 0 Å². The summed E-state index contributed by atoms with van der Waals surface area (Å²) in [5.41, 5.74) is 3.01. The van der Waals surface area contributed by atoms with Crippen molar-refractivity contribution in [1.29, 1.82) is 0 Å². The van der Waals surface area contributed by atoms with Crippen LogP contribution < -0.4 is 4.90 Å². The van der Waals surface area contributed by atoms with Gasteiger partial charge >= 0.3 is 5.97 Å². The zero-order valence-corrected chi connectivity index (χ0v) is 21.4. The number of carbonyl (C=O) groups is 1. The van der Waals surface area contributed by atoms with Gasteiger partial charge in [0.2, 0.25) is 0 Å². The molecule has 1 N–H and O–H groups in total. The minimum Gasteiger partial charge on any atom is -0.477 e. The summed E-state index contributed by atoms with van der Waals surface area (Å²) in [5, 5.41) is 15.3. The first-order valence-electron chi connectivity index (χ1n) is 11.7. The van der Waals surface area contributed by atoms with Crippen LogP contribution in [0.1, 0.15) is 53.4 Å². The summed E-state index contributed by atoms with van der Waals surface area (Å²) in [6.45, 7) is 1.71. The normalized spacial score (nSPS) is 16.9. The van der Waals surface area contributed by atoms with Gasteiger partial charge in [0, 0.05) is 42.5 Å². The van der Waals surface area contributed by atoms with E-state index in [1.807, 2.05) is 0 Å². The summed E-state index contributed by atoms with van der Waals surface area (Å²) in [4.78, 5) is 27.0. The van der Waals surface area contributed by atoms with E-state index in [-0.39, 0.29) is 5.69 Å². The molecule has 0 unspecified atom stereocenters. The lowest BCUT2D eigenvalue weighted by molar-refractivity contribution is 0.0691. The van der Waals surface area contributed by atoms with Gasteiger partial charge in [-0.05, 0) is 43.7 Å². The Balaban J connectivity index is 1.19. The summed E-state index contributed by atoms with van der Waals surface area (Å²) in [5.74, 6) is 0.645. The number of thiazole rings is 1. The Bertz CT molecular complexity index is 1470. The van der Waals surface area contributed by atoms with Crippen LogP contribution in [0.5, 0.6) is 0 Å². The van der Waals surface area contributed by atoms with Crippen molar-refractivity contribution in [2.75, 3.05) is 18.0 Å². The number of halogens is 2. The molecule has 1 aliphatic carbocycles. The summed E-state index contributed by atoms with van der Waals surface area (Å²) < 4.78 is 5.75. The predicted octanol–water partition coefficient (Wildman–Crippen LogP) is 6.55. The van der Waals surface area contributed by atoms with E-state index >= 15 is 0 Å². The number of pyridine rings is 2. The van der Waals surface area contributed by atoms with E-state index < -0.39 is 5.97 Å². The molecule has 11 heteroatoms. The van der Waals surface area contributed by atoms with Crippen molar-refractivity contribution in [1.82, 2.24) is 20.1 Å². The molecule has 2 aliphatic rings. The number of aromatic carboxylic acids is 1. The van der Waals surface area contributed by atoms with Crippen molar-refractivity contribution < 1.29 is 14.4 Å². The monoisotopic (exact) mass is 541 g/mol. The SMILES string of the molecule is O=C(O)c1ccc2nc(N3CCC(/C=C/c4c(-c5c(Cl)cncc5Cl)noc4C4CC4)CC3)sc2n1. The minimum absolute atomic E-state index is 0.0366. The molecule has 0 aromatic carbocycles. The summed E-state index contributed by atoms with van der Waals surface area (Å²) in [6.07, 6.45) is 11.6. The molecule has 36 heavy (non-hydrogen) atoms. The van der Waals surface area contributed by atoms with E-state index in [2.05, 4.69) is 37.2 Å². The van der Waals surface area contributed by atoms with Crippen molar-refractivity contribution in [3.05, 3.63) is 57.7 Å². The third-order valence-electron chi connectivity index (χ3n) is 6.60. The number of hydrogen-bond acceptors (Lipinski definition) is 8. The highest BCUT2D eigenvalue weighted by molar-refractivity contribution is 7.21. The van der Waals surface area contributed by atoms with Crippen LogP contribution in [0.25, 0.3) is 27.7 Å². The molecule has 5 heterocycles. The van der Waals surface area contributed by atoms with Crippen molar-refractivity contribution in [3.8, 4) is 11.3 Å². The number of carboxylic acids is 1. The second kappa shape index (κ2) is 9.46. The van der Waals surface area contributed by atoms with Crippen LogP contribution >= 0.6 is 34.5 Å². The van der Waals surface area contributed by atoms with Gasteiger partial charge in [-0.3, -0.25) is 4.98 Å². The number of hydrogen-bond donors (Lipinski definition) is 1. The van der Waals surface area contributed by atoms with Gasteiger partial charge in [-0.2, -0.15) is 0 Å². The highest BCUT2D eigenvalue weighted by Gasteiger charge is 2.33. The van der Waals surface area contributed by atoms with E-state index in [4.69, 9.17) is 27.7 Å². The number of nitrogens with zero attached hydrogens (tertiary/aromatic N) is 5. The summed E-state index contributed by atoms with van der Waals surface area (Å²) in [6, 6.07) is 3.21. The zero-order chi connectivity index (χ0) is 24.8. The molecule has 1 aliphatic heterocycles. The van der Waals surface area contributed by atoms with Crippen LogP contribution in [0, 0.1) is 5.92 Å². The Morgan fingerprint density at radius 2 is 1.86 bits per heavy atom. The lowest BCUT2D eigenvalue weighted by Gasteiger charge is -2.30. The van der Waals surface area contributed by atoms with E-state index in [1.54, 1.807) is 18.5 Å². The van der Waals surface area contributed by atoms with Crippen molar-refractivity contribution >= 4 is 62.1 Å². The average Bonchev–Trinajstić information content (AvgIpc) is 3.49. The number of aromatic nitrogens is 4. The smallest absolute Gasteiger partial charge is 0.354 e. The van der Waals surface area contributed by atoms with Crippen molar-refractivity contribution in [2.45, 2.75) is 31.6 Å². The fourth-order valence-corrected chi connectivity index (χ4v) is 6.04. The number of piperidine rings is 1. The minimum atomic E-state index is -1.03. The quantitative estimate of drug-likeness (QED) is 0.292. The van der Waals surface area contributed by atoms with Crippen LogP contribution in [-0.4, -0.2) is 44.3 Å². The first-order valence-corrected chi connectivity index (χ1v) is 13.3. The second-order valence-corrected chi connectivity index (χ2v) is 10.8. The number of anilines is 1. The molecule has 184 valence electrons. The highest BCUT2D eigenvalue weighted by Crippen LogP contribution is 2.46. The van der Waals surface area contributed by atoms with E-state index in [0.29, 0.717) is 38.0 Å². The van der Waals surface area contributed by atoms with Crippen LogP contribution in [0.2, 0.25) is 10.0 Å².